The monoisotopic (exact) mass is 481 g/mol. The summed E-state index contributed by atoms with van der Waals surface area (Å²) in [5.74, 6) is -1.08. The molecule has 0 amide bonds. The highest BCUT2D eigenvalue weighted by molar-refractivity contribution is 7.88. The number of carboxylic acids is 1. The second-order valence-corrected chi connectivity index (χ2v) is 10.4. The maximum absolute atomic E-state index is 12.1. The lowest BCUT2D eigenvalue weighted by molar-refractivity contribution is -0.140. The lowest BCUT2D eigenvalue weighted by Crippen LogP contribution is -2.51. The van der Waals surface area contributed by atoms with Gasteiger partial charge in [-0.15, -0.1) is 0 Å². The average molecular weight is 482 g/mol. The maximum Gasteiger partial charge on any atom is 0.327 e. The first-order chi connectivity index (χ1) is 15.1. The smallest absolute Gasteiger partial charge is 0.327 e. The minimum atomic E-state index is -3.38. The van der Waals surface area contributed by atoms with E-state index in [4.69, 9.17) is 4.74 Å². The summed E-state index contributed by atoms with van der Waals surface area (Å²) in [6.07, 6.45) is 1.61. The molecule has 0 aliphatic carbocycles. The highest BCUT2D eigenvalue weighted by Crippen LogP contribution is 2.31. The van der Waals surface area contributed by atoms with Crippen LogP contribution in [-0.4, -0.2) is 65.1 Å². The molecule has 1 heterocycles. The van der Waals surface area contributed by atoms with E-state index < -0.39 is 39.2 Å². The number of sulfonamides is 1. The molecular formula is C21H25N2O7S2-. The van der Waals surface area contributed by atoms with Gasteiger partial charge < -0.3 is 14.4 Å². The van der Waals surface area contributed by atoms with Crippen molar-refractivity contribution in [3.63, 3.8) is 0 Å². The molecule has 2 atom stereocenters. The van der Waals surface area contributed by atoms with Crippen molar-refractivity contribution in [3.05, 3.63) is 48.5 Å². The quantitative estimate of drug-likeness (QED) is 0.572. The van der Waals surface area contributed by atoms with E-state index in [9.17, 15) is 27.1 Å². The summed E-state index contributed by atoms with van der Waals surface area (Å²) in [6, 6.07) is 12.6. The lowest BCUT2D eigenvalue weighted by Gasteiger charge is -2.39. The second kappa shape index (κ2) is 9.99. The van der Waals surface area contributed by atoms with Crippen LogP contribution in [0.5, 0.6) is 5.75 Å². The standard InChI is InChI=1S/C21H26N2O7S2/c1-30-19-9-5-16(6-10-19)15-3-7-18(8-4-15)23(31(26)27)20(21(24)25)17-11-13-22(14-12-17)32(2,28)29/h3-10,17,20H,11-14H2,1-2H3,(H,24,25)(H,26,27)/p-1. The summed E-state index contributed by atoms with van der Waals surface area (Å²) in [5, 5.41) is 9.86. The summed E-state index contributed by atoms with van der Waals surface area (Å²) in [4.78, 5) is 12.1. The normalized spacial score (nSPS) is 17.5. The van der Waals surface area contributed by atoms with Crippen molar-refractivity contribution in [1.29, 1.82) is 0 Å². The molecule has 32 heavy (non-hydrogen) atoms. The fourth-order valence-electron chi connectivity index (χ4n) is 3.94. The van der Waals surface area contributed by atoms with Crippen molar-refractivity contribution >= 4 is 32.9 Å². The molecule has 3 rings (SSSR count). The van der Waals surface area contributed by atoms with Crippen molar-refractivity contribution in [2.75, 3.05) is 30.8 Å². The summed E-state index contributed by atoms with van der Waals surface area (Å²) < 4.78 is 54.9. The summed E-state index contributed by atoms with van der Waals surface area (Å²) in [5.41, 5.74) is 1.96. The minimum absolute atomic E-state index is 0.156. The highest BCUT2D eigenvalue weighted by atomic mass is 32.2. The third-order valence-corrected chi connectivity index (χ3v) is 7.69. The third kappa shape index (κ3) is 5.47. The van der Waals surface area contributed by atoms with E-state index in [1.54, 1.807) is 31.4 Å². The van der Waals surface area contributed by atoms with Gasteiger partial charge in [0.25, 0.3) is 0 Å². The zero-order valence-electron chi connectivity index (χ0n) is 17.7. The number of aliphatic carboxylic acids is 1. The third-order valence-electron chi connectivity index (χ3n) is 5.63. The number of anilines is 1. The Morgan fingerprint density at radius 2 is 1.62 bits per heavy atom. The van der Waals surface area contributed by atoms with Gasteiger partial charge in [0.15, 0.2) is 0 Å². The van der Waals surface area contributed by atoms with Gasteiger partial charge in [-0.25, -0.2) is 17.5 Å². The topological polar surface area (TPSA) is 127 Å². The average Bonchev–Trinajstić information content (AvgIpc) is 2.76. The molecule has 1 saturated heterocycles. The number of hydrogen-bond donors (Lipinski definition) is 1. The predicted octanol–water partition coefficient (Wildman–Crippen LogP) is 2.09. The number of methoxy groups -OCH3 is 1. The van der Waals surface area contributed by atoms with E-state index in [2.05, 4.69) is 0 Å². The molecule has 0 aromatic heterocycles. The van der Waals surface area contributed by atoms with Gasteiger partial charge in [-0.2, -0.15) is 0 Å². The van der Waals surface area contributed by atoms with Crippen LogP contribution in [-0.2, 0) is 26.1 Å². The Bertz CT molecular complexity index is 1060. The number of rotatable bonds is 8. The molecule has 1 aliphatic rings. The fourth-order valence-corrected chi connectivity index (χ4v) is 5.56. The summed E-state index contributed by atoms with van der Waals surface area (Å²) >= 11 is -2.83. The van der Waals surface area contributed by atoms with Crippen LogP contribution in [0.15, 0.2) is 48.5 Å². The first kappa shape index (κ1) is 24.2. The van der Waals surface area contributed by atoms with E-state index in [1.165, 1.54) is 4.31 Å². The van der Waals surface area contributed by atoms with E-state index in [0.717, 1.165) is 21.7 Å². The van der Waals surface area contributed by atoms with Gasteiger partial charge >= 0.3 is 5.97 Å². The molecule has 2 aromatic rings. The van der Waals surface area contributed by atoms with E-state index in [0.29, 0.717) is 5.75 Å². The first-order valence-corrected chi connectivity index (χ1v) is 12.8. The molecule has 0 spiro atoms. The van der Waals surface area contributed by atoms with Crippen LogP contribution in [0.25, 0.3) is 11.1 Å². The molecule has 11 heteroatoms. The zero-order chi connectivity index (χ0) is 23.5. The van der Waals surface area contributed by atoms with Crippen molar-refractivity contribution in [2.45, 2.75) is 18.9 Å². The Labute approximate surface area is 190 Å². The van der Waals surface area contributed by atoms with Gasteiger partial charge in [-0.05, 0) is 54.2 Å². The SMILES string of the molecule is COc1ccc(-c2ccc(N(C(C(=O)O)C3CCN(S(C)(=O)=O)CC3)S(=O)[O-])cc2)cc1. The number of piperidine rings is 1. The van der Waals surface area contributed by atoms with Crippen molar-refractivity contribution in [3.8, 4) is 16.9 Å². The van der Waals surface area contributed by atoms with Crippen LogP contribution in [0, 0.1) is 5.92 Å². The number of nitrogens with zero attached hydrogens (tertiary/aromatic N) is 2. The van der Waals surface area contributed by atoms with Gasteiger partial charge in [0.2, 0.25) is 10.0 Å². The van der Waals surface area contributed by atoms with Crippen LogP contribution in [0.2, 0.25) is 0 Å². The Balaban J connectivity index is 1.85. The number of carbonyl (C=O) groups is 1. The molecule has 1 fully saturated rings. The van der Waals surface area contributed by atoms with Gasteiger partial charge in [-0.3, -0.25) is 8.51 Å². The molecule has 2 unspecified atom stereocenters. The van der Waals surface area contributed by atoms with Crippen molar-refractivity contribution in [2.24, 2.45) is 5.92 Å². The zero-order valence-corrected chi connectivity index (χ0v) is 19.3. The molecule has 2 aromatic carbocycles. The first-order valence-electron chi connectivity index (χ1n) is 9.93. The molecule has 0 radical (unpaired) electrons. The van der Waals surface area contributed by atoms with Gasteiger partial charge in [0.1, 0.15) is 11.8 Å². The van der Waals surface area contributed by atoms with Crippen molar-refractivity contribution in [1.82, 2.24) is 4.31 Å². The van der Waals surface area contributed by atoms with E-state index in [-0.39, 0.29) is 31.6 Å². The van der Waals surface area contributed by atoms with E-state index in [1.807, 2.05) is 24.3 Å². The van der Waals surface area contributed by atoms with Crippen LogP contribution in [0.4, 0.5) is 5.69 Å². The lowest BCUT2D eigenvalue weighted by atomic mass is 9.90. The van der Waals surface area contributed by atoms with Gasteiger partial charge in [-0.1, -0.05) is 24.3 Å². The molecule has 1 N–H and O–H groups in total. The fraction of sp³-hybridized carbons (Fsp3) is 0.381. The molecule has 0 bridgehead atoms. The van der Waals surface area contributed by atoms with Crippen molar-refractivity contribution < 1.29 is 31.8 Å². The number of hydrogen-bond acceptors (Lipinski definition) is 6. The number of benzene rings is 2. The molecule has 1 aliphatic heterocycles. The van der Waals surface area contributed by atoms with Crippen LogP contribution in [0.1, 0.15) is 12.8 Å². The maximum atomic E-state index is 12.1. The Kier molecular flexibility index (Phi) is 7.55. The Morgan fingerprint density at radius 3 is 2.03 bits per heavy atom. The van der Waals surface area contributed by atoms with Gasteiger partial charge in [0.05, 0.1) is 13.4 Å². The molecule has 9 nitrogen and oxygen atoms in total. The Hall–Kier alpha value is -2.47. The van der Waals surface area contributed by atoms with Crippen LogP contribution in [0.3, 0.4) is 0 Å². The molecule has 174 valence electrons. The largest absolute Gasteiger partial charge is 0.755 e. The highest BCUT2D eigenvalue weighted by Gasteiger charge is 2.38. The predicted molar refractivity (Wildman–Crippen MR) is 120 cm³/mol. The number of ether oxygens (including phenoxy) is 1. The van der Waals surface area contributed by atoms with E-state index >= 15 is 0 Å². The van der Waals surface area contributed by atoms with Crippen LogP contribution >= 0.6 is 0 Å². The summed E-state index contributed by atoms with van der Waals surface area (Å²) in [6.45, 7) is 0.312. The summed E-state index contributed by atoms with van der Waals surface area (Å²) in [7, 11) is -1.80. The van der Waals surface area contributed by atoms with Crippen LogP contribution < -0.4 is 9.04 Å². The Morgan fingerprint density at radius 1 is 1.12 bits per heavy atom. The number of carboxylic acid groups (broad SMARTS) is 1. The minimum Gasteiger partial charge on any atom is -0.755 e. The second-order valence-electron chi connectivity index (χ2n) is 7.60. The van der Waals surface area contributed by atoms with Gasteiger partial charge in [0, 0.05) is 30.0 Å². The molecular weight excluding hydrogens is 456 g/mol. The molecule has 0 saturated carbocycles.